The maximum Gasteiger partial charge on any atom is 0.251 e. The van der Waals surface area contributed by atoms with Crippen LogP contribution in [0.1, 0.15) is 6.42 Å². The van der Waals surface area contributed by atoms with Crippen molar-refractivity contribution in [2.45, 2.75) is 6.42 Å². The molecule has 1 heterocycles. The number of carbonyl (C=O) groups excluding carboxylic acids is 2. The molecule has 1 aliphatic heterocycles. The van der Waals surface area contributed by atoms with E-state index in [2.05, 4.69) is 17.5 Å². The third kappa shape index (κ3) is 1.33. The molecule has 0 saturated carbocycles. The fourth-order valence-corrected chi connectivity index (χ4v) is 0.907. The minimum absolute atomic E-state index is 0.145. The van der Waals surface area contributed by atoms with Crippen LogP contribution in [-0.2, 0) is 9.59 Å². The number of amides is 2. The second kappa shape index (κ2) is 2.64. The van der Waals surface area contributed by atoms with Crippen LogP contribution in [0.3, 0.4) is 0 Å². The van der Waals surface area contributed by atoms with Gasteiger partial charge in [0.1, 0.15) is 6.42 Å². The first-order chi connectivity index (χ1) is 5.15. The average Bonchev–Trinajstić information content (AvgIpc) is 1.85. The van der Waals surface area contributed by atoms with Gasteiger partial charge in [0.15, 0.2) is 11.3 Å². The van der Waals surface area contributed by atoms with Gasteiger partial charge >= 0.3 is 0 Å². The highest BCUT2D eigenvalue weighted by molar-refractivity contribution is 7.80. The SMILES string of the molecule is N#CN1C(=O)CC(=O)NC1=S. The van der Waals surface area contributed by atoms with Gasteiger partial charge in [-0.05, 0) is 12.2 Å². The average molecular weight is 169 g/mol. The standard InChI is InChI=1S/C5H3N3O2S/c6-2-8-4(10)1-3(9)7-5(8)11/h1H2,(H,7,9,11). The Labute approximate surface area is 67.6 Å². The third-order valence-electron chi connectivity index (χ3n) is 1.11. The van der Waals surface area contributed by atoms with Gasteiger partial charge in [-0.25, -0.2) is 0 Å². The van der Waals surface area contributed by atoms with E-state index >= 15 is 0 Å². The molecule has 1 aliphatic rings. The molecule has 0 aromatic heterocycles. The van der Waals surface area contributed by atoms with Crippen LogP contribution in [0.25, 0.3) is 0 Å². The van der Waals surface area contributed by atoms with E-state index < -0.39 is 11.8 Å². The zero-order valence-corrected chi connectivity index (χ0v) is 6.14. The summed E-state index contributed by atoms with van der Waals surface area (Å²) in [4.78, 5) is 22.1. The summed E-state index contributed by atoms with van der Waals surface area (Å²) in [6.45, 7) is 0. The largest absolute Gasteiger partial charge is 0.301 e. The summed E-state index contributed by atoms with van der Waals surface area (Å²) in [7, 11) is 0. The molecule has 2 amide bonds. The summed E-state index contributed by atoms with van der Waals surface area (Å²) in [6, 6.07) is 0. The molecule has 0 bridgehead atoms. The van der Waals surface area contributed by atoms with Crippen LogP contribution < -0.4 is 5.32 Å². The summed E-state index contributed by atoms with van der Waals surface area (Å²) >= 11 is 4.53. The number of rotatable bonds is 0. The van der Waals surface area contributed by atoms with E-state index in [-0.39, 0.29) is 11.5 Å². The Bertz CT molecular complexity index is 260. The fraction of sp³-hybridized carbons (Fsp3) is 0.200. The molecule has 0 radical (unpaired) electrons. The van der Waals surface area contributed by atoms with Crippen LogP contribution in [0.4, 0.5) is 0 Å². The Morgan fingerprint density at radius 2 is 2.27 bits per heavy atom. The van der Waals surface area contributed by atoms with Gasteiger partial charge in [-0.3, -0.25) is 9.59 Å². The molecule has 56 valence electrons. The van der Waals surface area contributed by atoms with Gasteiger partial charge in [0.05, 0.1) is 0 Å². The van der Waals surface area contributed by atoms with Gasteiger partial charge < -0.3 is 5.32 Å². The zero-order chi connectivity index (χ0) is 8.43. The summed E-state index contributed by atoms with van der Waals surface area (Å²) in [5, 5.41) is 10.4. The highest BCUT2D eigenvalue weighted by Crippen LogP contribution is 2.00. The lowest BCUT2D eigenvalue weighted by Gasteiger charge is -2.19. The van der Waals surface area contributed by atoms with Crippen molar-refractivity contribution in [3.63, 3.8) is 0 Å². The molecule has 1 saturated heterocycles. The number of hydrogen-bond donors (Lipinski definition) is 1. The van der Waals surface area contributed by atoms with E-state index in [0.29, 0.717) is 4.90 Å². The van der Waals surface area contributed by atoms with Gasteiger partial charge in [-0.15, -0.1) is 0 Å². The molecule has 0 aromatic rings. The fourth-order valence-electron chi connectivity index (χ4n) is 0.650. The molecule has 1 rings (SSSR count). The van der Waals surface area contributed by atoms with Crippen LogP contribution in [0.15, 0.2) is 0 Å². The summed E-state index contributed by atoms with van der Waals surface area (Å²) in [6.07, 6.45) is 1.24. The predicted octanol–water partition coefficient (Wildman–Crippen LogP) is -0.899. The van der Waals surface area contributed by atoms with Crippen LogP contribution in [0, 0.1) is 11.5 Å². The normalized spacial score (nSPS) is 17.7. The number of carbonyl (C=O) groups is 2. The second-order valence-electron chi connectivity index (χ2n) is 1.86. The summed E-state index contributed by atoms with van der Waals surface area (Å²) in [5.74, 6) is -1.05. The number of nitriles is 1. The van der Waals surface area contributed by atoms with Crippen molar-refractivity contribution in [3.05, 3.63) is 0 Å². The van der Waals surface area contributed by atoms with E-state index in [0.717, 1.165) is 0 Å². The number of thiocarbonyl (C=S) groups is 1. The Kier molecular flexibility index (Phi) is 1.83. The van der Waals surface area contributed by atoms with Crippen molar-refractivity contribution in [3.8, 4) is 6.19 Å². The molecule has 5 nitrogen and oxygen atoms in total. The number of hydrogen-bond acceptors (Lipinski definition) is 4. The lowest BCUT2D eigenvalue weighted by Crippen LogP contribution is -2.50. The van der Waals surface area contributed by atoms with Crippen molar-refractivity contribution >= 4 is 29.1 Å². The van der Waals surface area contributed by atoms with Crippen LogP contribution in [0.5, 0.6) is 0 Å². The van der Waals surface area contributed by atoms with E-state index in [1.807, 2.05) is 0 Å². The minimum atomic E-state index is -0.582. The van der Waals surface area contributed by atoms with Crippen molar-refractivity contribution in [1.29, 1.82) is 5.26 Å². The van der Waals surface area contributed by atoms with E-state index in [4.69, 9.17) is 5.26 Å². The summed E-state index contributed by atoms with van der Waals surface area (Å²) in [5.41, 5.74) is 0. The van der Waals surface area contributed by atoms with Crippen molar-refractivity contribution < 1.29 is 9.59 Å². The molecule has 1 fully saturated rings. The molecular weight excluding hydrogens is 166 g/mol. The van der Waals surface area contributed by atoms with Crippen molar-refractivity contribution in [2.75, 3.05) is 0 Å². The lowest BCUT2D eigenvalue weighted by atomic mass is 10.3. The minimum Gasteiger partial charge on any atom is -0.301 e. The molecule has 11 heavy (non-hydrogen) atoms. The van der Waals surface area contributed by atoms with Gasteiger partial charge in [-0.2, -0.15) is 10.2 Å². The molecule has 0 spiro atoms. The quantitative estimate of drug-likeness (QED) is 0.290. The Hall–Kier alpha value is -1.48. The smallest absolute Gasteiger partial charge is 0.251 e. The highest BCUT2D eigenvalue weighted by Gasteiger charge is 2.27. The maximum atomic E-state index is 10.8. The number of nitrogens with one attached hydrogen (secondary N) is 1. The first kappa shape index (κ1) is 7.63. The van der Waals surface area contributed by atoms with Gasteiger partial charge in [0.2, 0.25) is 5.91 Å². The summed E-state index contributed by atoms with van der Waals surface area (Å²) < 4.78 is 0. The molecule has 6 heteroatoms. The lowest BCUT2D eigenvalue weighted by molar-refractivity contribution is -0.133. The van der Waals surface area contributed by atoms with Gasteiger partial charge in [-0.1, -0.05) is 0 Å². The zero-order valence-electron chi connectivity index (χ0n) is 5.33. The monoisotopic (exact) mass is 169 g/mol. The first-order valence-corrected chi connectivity index (χ1v) is 3.12. The van der Waals surface area contributed by atoms with Crippen molar-refractivity contribution in [2.24, 2.45) is 0 Å². The highest BCUT2D eigenvalue weighted by atomic mass is 32.1. The van der Waals surface area contributed by atoms with Gasteiger partial charge in [0.25, 0.3) is 5.91 Å². The molecular formula is C5H3N3O2S. The van der Waals surface area contributed by atoms with E-state index in [1.165, 1.54) is 0 Å². The molecule has 0 aromatic carbocycles. The molecule has 1 N–H and O–H groups in total. The van der Waals surface area contributed by atoms with Crippen molar-refractivity contribution in [1.82, 2.24) is 10.2 Å². The molecule has 0 unspecified atom stereocenters. The third-order valence-corrected chi connectivity index (χ3v) is 1.40. The van der Waals surface area contributed by atoms with Crippen LogP contribution >= 0.6 is 12.2 Å². The number of nitrogens with zero attached hydrogens (tertiary/aromatic N) is 2. The topological polar surface area (TPSA) is 73.2 Å². The Morgan fingerprint density at radius 3 is 2.73 bits per heavy atom. The molecule has 0 atom stereocenters. The maximum absolute atomic E-state index is 10.8. The first-order valence-electron chi connectivity index (χ1n) is 2.71. The van der Waals surface area contributed by atoms with Crippen LogP contribution in [0.2, 0.25) is 0 Å². The Morgan fingerprint density at radius 1 is 1.64 bits per heavy atom. The predicted molar refractivity (Wildman–Crippen MR) is 37.8 cm³/mol. The van der Waals surface area contributed by atoms with E-state index in [1.54, 1.807) is 6.19 Å². The Balaban J connectivity index is 2.85. The van der Waals surface area contributed by atoms with Gasteiger partial charge in [0, 0.05) is 0 Å². The second-order valence-corrected chi connectivity index (χ2v) is 2.25. The molecule has 0 aliphatic carbocycles. The van der Waals surface area contributed by atoms with Crippen LogP contribution in [-0.4, -0.2) is 21.8 Å². The van der Waals surface area contributed by atoms with E-state index in [9.17, 15) is 9.59 Å².